The summed E-state index contributed by atoms with van der Waals surface area (Å²) < 4.78 is 38.1. The van der Waals surface area contributed by atoms with Crippen LogP contribution in [0.25, 0.3) is 0 Å². The van der Waals surface area contributed by atoms with E-state index in [9.17, 15) is 18.0 Å². The number of para-hydroxylation sites is 1. The number of carbonyl (C=O) groups excluding carboxylic acids is 2. The molecule has 0 unspecified atom stereocenters. The van der Waals surface area contributed by atoms with Crippen LogP contribution >= 0.6 is 11.3 Å². The van der Waals surface area contributed by atoms with Gasteiger partial charge < -0.3 is 14.8 Å². The van der Waals surface area contributed by atoms with E-state index in [0.29, 0.717) is 18.7 Å². The first kappa shape index (κ1) is 21.8. The number of sulfonamides is 1. The summed E-state index contributed by atoms with van der Waals surface area (Å²) in [6, 6.07) is 13.0. The summed E-state index contributed by atoms with van der Waals surface area (Å²) in [7, 11) is -1.25. The van der Waals surface area contributed by atoms with Gasteiger partial charge >= 0.3 is 5.97 Å². The Bertz CT molecular complexity index is 1300. The molecule has 0 saturated heterocycles. The third-order valence-electron chi connectivity index (χ3n) is 5.13. The molecular formula is C22H20N2O6S2. The summed E-state index contributed by atoms with van der Waals surface area (Å²) in [6.45, 7) is 0.326. The van der Waals surface area contributed by atoms with Crippen molar-refractivity contribution in [2.24, 2.45) is 0 Å². The maximum atomic E-state index is 13.4. The van der Waals surface area contributed by atoms with Crippen LogP contribution in [-0.4, -0.2) is 41.1 Å². The SMILES string of the molecule is COC(=O)c1sccc1NC(=O)c1cc(S(=O)(=O)N2CCc3ccccc32)ccc1OC. The summed E-state index contributed by atoms with van der Waals surface area (Å²) in [4.78, 5) is 25.1. The predicted molar refractivity (Wildman–Crippen MR) is 121 cm³/mol. The number of nitrogens with zero attached hydrogens (tertiary/aromatic N) is 1. The van der Waals surface area contributed by atoms with Gasteiger partial charge in [0.05, 0.1) is 36.1 Å². The van der Waals surface area contributed by atoms with Crippen LogP contribution in [0.5, 0.6) is 5.75 Å². The second-order valence-corrected chi connectivity index (χ2v) is 9.71. The first-order valence-electron chi connectivity index (χ1n) is 9.62. The molecule has 4 rings (SSSR count). The lowest BCUT2D eigenvalue weighted by molar-refractivity contribution is 0.0607. The van der Waals surface area contributed by atoms with Crippen LogP contribution in [-0.2, 0) is 21.2 Å². The number of hydrogen-bond acceptors (Lipinski definition) is 7. The van der Waals surface area contributed by atoms with Crippen molar-refractivity contribution in [3.05, 3.63) is 69.9 Å². The molecule has 0 spiro atoms. The molecule has 0 atom stereocenters. The molecule has 8 nitrogen and oxygen atoms in total. The van der Waals surface area contributed by atoms with Crippen LogP contribution in [0.1, 0.15) is 25.6 Å². The molecule has 1 N–H and O–H groups in total. The number of benzene rings is 2. The van der Waals surface area contributed by atoms with E-state index >= 15 is 0 Å². The Morgan fingerprint density at radius 3 is 2.62 bits per heavy atom. The maximum absolute atomic E-state index is 13.4. The topological polar surface area (TPSA) is 102 Å². The van der Waals surface area contributed by atoms with Crippen LogP contribution < -0.4 is 14.4 Å². The Kier molecular flexibility index (Phi) is 5.90. The maximum Gasteiger partial charge on any atom is 0.350 e. The smallest absolute Gasteiger partial charge is 0.350 e. The molecular weight excluding hydrogens is 452 g/mol. The number of rotatable bonds is 6. The highest BCUT2D eigenvalue weighted by Gasteiger charge is 2.31. The molecule has 2 heterocycles. The number of esters is 1. The van der Waals surface area contributed by atoms with Crippen molar-refractivity contribution >= 4 is 44.6 Å². The summed E-state index contributed by atoms with van der Waals surface area (Å²) in [6.07, 6.45) is 0.618. The third-order valence-corrected chi connectivity index (χ3v) is 7.84. The van der Waals surface area contributed by atoms with Crippen molar-refractivity contribution in [1.82, 2.24) is 0 Å². The van der Waals surface area contributed by atoms with Crippen LogP contribution in [0.15, 0.2) is 58.8 Å². The number of amides is 1. The molecule has 2 aromatic carbocycles. The highest BCUT2D eigenvalue weighted by molar-refractivity contribution is 7.92. The number of fused-ring (bicyclic) bond motifs is 1. The lowest BCUT2D eigenvalue weighted by atomic mass is 10.2. The second kappa shape index (κ2) is 8.64. The van der Waals surface area contributed by atoms with Crippen molar-refractivity contribution in [2.75, 3.05) is 30.4 Å². The number of thiophene rings is 1. The molecule has 0 aliphatic carbocycles. The van der Waals surface area contributed by atoms with Crippen LogP contribution in [0.3, 0.4) is 0 Å². The van der Waals surface area contributed by atoms with Gasteiger partial charge in [-0.2, -0.15) is 0 Å². The molecule has 1 aliphatic rings. The van der Waals surface area contributed by atoms with E-state index in [1.165, 1.54) is 36.7 Å². The number of carbonyl (C=O) groups is 2. The predicted octanol–water partition coefficient (Wildman–Crippen LogP) is 3.55. The van der Waals surface area contributed by atoms with E-state index in [1.54, 1.807) is 23.6 Å². The van der Waals surface area contributed by atoms with Gasteiger partial charge in [0.2, 0.25) is 0 Å². The molecule has 10 heteroatoms. The fourth-order valence-electron chi connectivity index (χ4n) is 3.56. The van der Waals surface area contributed by atoms with E-state index in [4.69, 9.17) is 9.47 Å². The monoisotopic (exact) mass is 472 g/mol. The van der Waals surface area contributed by atoms with Gasteiger partial charge in [0.25, 0.3) is 15.9 Å². The number of methoxy groups -OCH3 is 2. The van der Waals surface area contributed by atoms with Crippen LogP contribution in [0, 0.1) is 0 Å². The molecule has 1 aromatic heterocycles. The molecule has 0 bridgehead atoms. The van der Waals surface area contributed by atoms with E-state index in [0.717, 1.165) is 16.9 Å². The van der Waals surface area contributed by atoms with E-state index in [1.807, 2.05) is 12.1 Å². The Balaban J connectivity index is 1.69. The number of anilines is 2. The Morgan fingerprint density at radius 1 is 1.09 bits per heavy atom. The standard InChI is InChI=1S/C22H20N2O6S2/c1-29-19-8-7-15(32(27,28)24-11-9-14-5-3-4-6-18(14)24)13-16(19)21(25)23-17-10-12-31-20(17)22(26)30-2/h3-8,10,12-13H,9,11H2,1-2H3,(H,23,25). The van der Waals surface area contributed by atoms with Crippen LogP contribution in [0.4, 0.5) is 11.4 Å². The largest absolute Gasteiger partial charge is 0.496 e. The van der Waals surface area contributed by atoms with Gasteiger partial charge in [-0.1, -0.05) is 18.2 Å². The first-order chi connectivity index (χ1) is 15.4. The Morgan fingerprint density at radius 2 is 1.88 bits per heavy atom. The molecule has 0 fully saturated rings. The minimum Gasteiger partial charge on any atom is -0.496 e. The van der Waals surface area contributed by atoms with Crippen LogP contribution in [0.2, 0.25) is 0 Å². The van der Waals surface area contributed by atoms with E-state index in [-0.39, 0.29) is 26.8 Å². The molecule has 0 radical (unpaired) electrons. The number of nitrogens with one attached hydrogen (secondary N) is 1. The van der Waals surface area contributed by atoms with Crippen molar-refractivity contribution < 1.29 is 27.5 Å². The summed E-state index contributed by atoms with van der Waals surface area (Å²) in [5.74, 6) is -0.978. The van der Waals surface area contributed by atoms with Crippen molar-refractivity contribution in [2.45, 2.75) is 11.3 Å². The van der Waals surface area contributed by atoms with Crippen molar-refractivity contribution in [3.63, 3.8) is 0 Å². The Labute approximate surface area is 189 Å². The number of hydrogen-bond donors (Lipinski definition) is 1. The summed E-state index contributed by atoms with van der Waals surface area (Å²) in [5, 5.41) is 4.29. The fraction of sp³-hybridized carbons (Fsp3) is 0.182. The zero-order chi connectivity index (χ0) is 22.9. The van der Waals surface area contributed by atoms with Crippen molar-refractivity contribution in [3.8, 4) is 5.75 Å². The average molecular weight is 473 g/mol. The lowest BCUT2D eigenvalue weighted by Crippen LogP contribution is -2.29. The third kappa shape index (κ3) is 3.82. The van der Waals surface area contributed by atoms with Gasteiger partial charge in [-0.15, -0.1) is 11.3 Å². The molecule has 3 aromatic rings. The normalized spacial score (nSPS) is 12.9. The van der Waals surface area contributed by atoms with Gasteiger partial charge in [0.15, 0.2) is 0 Å². The molecule has 32 heavy (non-hydrogen) atoms. The van der Waals surface area contributed by atoms with Crippen molar-refractivity contribution in [1.29, 1.82) is 0 Å². The van der Waals surface area contributed by atoms with E-state index in [2.05, 4.69) is 5.32 Å². The second-order valence-electron chi connectivity index (χ2n) is 6.93. The fourth-order valence-corrected chi connectivity index (χ4v) is 5.85. The zero-order valence-electron chi connectivity index (χ0n) is 17.3. The zero-order valence-corrected chi connectivity index (χ0v) is 19.0. The minimum absolute atomic E-state index is 0.0290. The van der Waals surface area contributed by atoms with Gasteiger partial charge in [-0.3, -0.25) is 9.10 Å². The first-order valence-corrected chi connectivity index (χ1v) is 11.9. The summed E-state index contributed by atoms with van der Waals surface area (Å²) >= 11 is 1.12. The minimum atomic E-state index is -3.89. The highest BCUT2D eigenvalue weighted by atomic mass is 32.2. The number of ether oxygens (including phenoxy) is 2. The molecule has 1 amide bonds. The van der Waals surface area contributed by atoms with Gasteiger partial charge in [-0.05, 0) is 47.7 Å². The molecule has 0 saturated carbocycles. The van der Waals surface area contributed by atoms with Gasteiger partial charge in [0, 0.05) is 6.54 Å². The molecule has 166 valence electrons. The lowest BCUT2D eigenvalue weighted by Gasteiger charge is -2.20. The van der Waals surface area contributed by atoms with E-state index < -0.39 is 21.9 Å². The van der Waals surface area contributed by atoms with Gasteiger partial charge in [-0.25, -0.2) is 13.2 Å². The molecule has 1 aliphatic heterocycles. The average Bonchev–Trinajstić information content (AvgIpc) is 3.45. The van der Waals surface area contributed by atoms with Gasteiger partial charge in [0.1, 0.15) is 10.6 Å². The summed E-state index contributed by atoms with van der Waals surface area (Å²) in [5.41, 5.74) is 1.89. The highest BCUT2D eigenvalue weighted by Crippen LogP contribution is 2.34. The quantitative estimate of drug-likeness (QED) is 0.551. The Hall–Kier alpha value is -3.37.